The maximum Gasteiger partial charge on any atom is 0.154 e. The first-order valence-corrected chi connectivity index (χ1v) is 7.13. The van der Waals surface area contributed by atoms with Gasteiger partial charge in [-0.3, -0.25) is 0 Å². The molecule has 0 saturated carbocycles. The number of hydrogen-bond donors (Lipinski definition) is 1. The molecule has 0 bridgehead atoms. The molecule has 1 N–H and O–H groups in total. The lowest BCUT2D eigenvalue weighted by molar-refractivity contribution is 0.481. The predicted octanol–water partition coefficient (Wildman–Crippen LogP) is 4.25. The van der Waals surface area contributed by atoms with Gasteiger partial charge in [-0.15, -0.1) is 0 Å². The number of fused-ring (bicyclic) bond motifs is 2. The van der Waals surface area contributed by atoms with Crippen molar-refractivity contribution in [3.8, 4) is 17.6 Å². The number of nitrogens with one attached hydrogen (secondary N) is 1. The average molecular weight is 279 g/mol. The predicted molar refractivity (Wildman–Crippen MR) is 84.5 cm³/mol. The number of nitrogens with zero attached hydrogens (tertiary/aromatic N) is 2. The Labute approximate surface area is 124 Å². The Bertz CT molecular complexity index is 714. The molecule has 4 heteroatoms. The fraction of sp³-hybridized carbons (Fsp3) is 0.235. The van der Waals surface area contributed by atoms with E-state index in [9.17, 15) is 5.26 Å². The van der Waals surface area contributed by atoms with E-state index in [-0.39, 0.29) is 0 Å². The first-order chi connectivity index (χ1) is 10.3. The molecule has 0 aliphatic carbocycles. The quantitative estimate of drug-likeness (QED) is 0.778. The molecule has 1 aliphatic heterocycles. The first kappa shape index (κ1) is 13.3. The lowest BCUT2D eigenvalue weighted by Crippen LogP contribution is -2.23. The monoisotopic (exact) mass is 279 g/mol. The summed E-state index contributed by atoms with van der Waals surface area (Å²) in [6.07, 6.45) is 0. The van der Waals surface area contributed by atoms with Gasteiger partial charge in [-0.25, -0.2) is 0 Å². The van der Waals surface area contributed by atoms with Gasteiger partial charge in [0.25, 0.3) is 0 Å². The van der Waals surface area contributed by atoms with Crippen molar-refractivity contribution in [3.05, 3.63) is 42.0 Å². The van der Waals surface area contributed by atoms with Crippen molar-refractivity contribution in [3.63, 3.8) is 0 Å². The Morgan fingerprint density at radius 3 is 2.62 bits per heavy atom. The first-order valence-electron chi connectivity index (χ1n) is 7.13. The molecular formula is C17H17N3O. The summed E-state index contributed by atoms with van der Waals surface area (Å²) in [7, 11) is 0. The van der Waals surface area contributed by atoms with Gasteiger partial charge in [0, 0.05) is 19.2 Å². The Morgan fingerprint density at radius 1 is 1.14 bits per heavy atom. The molecule has 2 aromatic rings. The molecule has 1 heterocycles. The molecule has 0 aromatic heterocycles. The number of hydrogen-bond acceptors (Lipinski definition) is 4. The average Bonchev–Trinajstić information content (AvgIpc) is 2.53. The van der Waals surface area contributed by atoms with Crippen LogP contribution in [0.3, 0.4) is 0 Å². The molecule has 4 nitrogen and oxygen atoms in total. The Kier molecular flexibility index (Phi) is 3.41. The van der Waals surface area contributed by atoms with Crippen LogP contribution in [0, 0.1) is 11.3 Å². The molecule has 21 heavy (non-hydrogen) atoms. The Morgan fingerprint density at radius 2 is 1.90 bits per heavy atom. The van der Waals surface area contributed by atoms with E-state index in [2.05, 4.69) is 30.1 Å². The Hall–Kier alpha value is -2.67. The lowest BCUT2D eigenvalue weighted by atomic mass is 10.1. The van der Waals surface area contributed by atoms with E-state index in [1.165, 1.54) is 0 Å². The van der Waals surface area contributed by atoms with Crippen LogP contribution in [0.2, 0.25) is 0 Å². The van der Waals surface area contributed by atoms with Crippen LogP contribution < -0.4 is 15.0 Å². The molecule has 0 amide bonds. The number of ether oxygens (including phenoxy) is 1. The van der Waals surface area contributed by atoms with E-state index in [0.717, 1.165) is 35.9 Å². The van der Waals surface area contributed by atoms with Gasteiger partial charge in [0.15, 0.2) is 11.5 Å². The van der Waals surface area contributed by atoms with Gasteiger partial charge in [0.1, 0.15) is 5.69 Å². The highest BCUT2D eigenvalue weighted by Crippen LogP contribution is 2.47. The molecule has 0 atom stereocenters. The normalized spacial score (nSPS) is 11.5. The highest BCUT2D eigenvalue weighted by molar-refractivity contribution is 5.86. The SMILES string of the molecule is CCN(CC)c1cc(C#N)cc2c1Nc1ccccc1O2. The molecule has 0 spiro atoms. The molecule has 2 aromatic carbocycles. The maximum atomic E-state index is 9.24. The zero-order valence-corrected chi connectivity index (χ0v) is 12.2. The van der Waals surface area contributed by atoms with E-state index >= 15 is 0 Å². The standard InChI is InChI=1S/C17H17N3O/c1-3-20(4-2)14-9-12(11-18)10-16-17(14)19-13-7-5-6-8-15(13)21-16/h5-10,19H,3-4H2,1-2H3. The van der Waals surface area contributed by atoms with Crippen LogP contribution in [0.4, 0.5) is 17.1 Å². The van der Waals surface area contributed by atoms with E-state index < -0.39 is 0 Å². The minimum Gasteiger partial charge on any atom is -0.453 e. The minimum atomic E-state index is 0.608. The number of nitriles is 1. The summed E-state index contributed by atoms with van der Waals surface area (Å²) in [6.45, 7) is 5.96. The summed E-state index contributed by atoms with van der Waals surface area (Å²) in [6, 6.07) is 13.7. The van der Waals surface area contributed by atoms with Crippen LogP contribution in [0.1, 0.15) is 19.4 Å². The number of para-hydroxylation sites is 2. The number of benzene rings is 2. The largest absolute Gasteiger partial charge is 0.453 e. The van der Waals surface area contributed by atoms with Crippen LogP contribution in [0.15, 0.2) is 36.4 Å². The second-order valence-electron chi connectivity index (χ2n) is 4.88. The van der Waals surface area contributed by atoms with Crippen molar-refractivity contribution in [2.75, 3.05) is 23.3 Å². The summed E-state index contributed by atoms with van der Waals surface area (Å²) >= 11 is 0. The van der Waals surface area contributed by atoms with Crippen molar-refractivity contribution < 1.29 is 4.74 Å². The van der Waals surface area contributed by atoms with E-state index in [0.29, 0.717) is 11.3 Å². The zero-order chi connectivity index (χ0) is 14.8. The van der Waals surface area contributed by atoms with E-state index in [4.69, 9.17) is 4.74 Å². The smallest absolute Gasteiger partial charge is 0.154 e. The third-order valence-electron chi connectivity index (χ3n) is 3.68. The minimum absolute atomic E-state index is 0.608. The van der Waals surface area contributed by atoms with Crippen LogP contribution >= 0.6 is 0 Å². The second kappa shape index (κ2) is 5.37. The van der Waals surface area contributed by atoms with Crippen LogP contribution in [-0.2, 0) is 0 Å². The third-order valence-corrected chi connectivity index (χ3v) is 3.68. The molecule has 1 aliphatic rings. The summed E-state index contributed by atoms with van der Waals surface area (Å²) in [5.41, 5.74) is 3.49. The topological polar surface area (TPSA) is 48.3 Å². The highest BCUT2D eigenvalue weighted by atomic mass is 16.5. The second-order valence-corrected chi connectivity index (χ2v) is 4.88. The molecule has 0 radical (unpaired) electrons. The molecular weight excluding hydrogens is 262 g/mol. The summed E-state index contributed by atoms with van der Waals surface area (Å²) < 4.78 is 5.96. The highest BCUT2D eigenvalue weighted by Gasteiger charge is 2.22. The van der Waals surface area contributed by atoms with Gasteiger partial charge in [-0.2, -0.15) is 5.26 Å². The molecule has 106 valence electrons. The van der Waals surface area contributed by atoms with Crippen molar-refractivity contribution >= 4 is 17.1 Å². The zero-order valence-electron chi connectivity index (χ0n) is 12.2. The number of rotatable bonds is 3. The molecule has 0 unspecified atom stereocenters. The fourth-order valence-corrected chi connectivity index (χ4v) is 2.60. The maximum absolute atomic E-state index is 9.24. The van der Waals surface area contributed by atoms with Crippen LogP contribution in [0.5, 0.6) is 11.5 Å². The van der Waals surface area contributed by atoms with Gasteiger partial charge in [0.05, 0.1) is 23.0 Å². The van der Waals surface area contributed by atoms with Crippen LogP contribution in [-0.4, -0.2) is 13.1 Å². The molecule has 0 saturated heterocycles. The fourth-order valence-electron chi connectivity index (χ4n) is 2.60. The number of anilines is 3. The van der Waals surface area contributed by atoms with Gasteiger partial charge in [0.2, 0.25) is 0 Å². The van der Waals surface area contributed by atoms with E-state index in [1.807, 2.05) is 30.3 Å². The molecule has 3 rings (SSSR count). The van der Waals surface area contributed by atoms with Crippen molar-refractivity contribution in [2.45, 2.75) is 13.8 Å². The van der Waals surface area contributed by atoms with E-state index in [1.54, 1.807) is 6.07 Å². The summed E-state index contributed by atoms with van der Waals surface area (Å²) in [5, 5.41) is 12.7. The van der Waals surface area contributed by atoms with Crippen molar-refractivity contribution in [1.82, 2.24) is 0 Å². The van der Waals surface area contributed by atoms with Crippen molar-refractivity contribution in [1.29, 1.82) is 5.26 Å². The van der Waals surface area contributed by atoms with Crippen LogP contribution in [0.25, 0.3) is 0 Å². The Balaban J connectivity index is 2.14. The summed E-state index contributed by atoms with van der Waals surface area (Å²) in [5.74, 6) is 1.49. The van der Waals surface area contributed by atoms with Gasteiger partial charge in [-0.05, 0) is 32.0 Å². The van der Waals surface area contributed by atoms with Gasteiger partial charge < -0.3 is 15.0 Å². The van der Waals surface area contributed by atoms with Gasteiger partial charge >= 0.3 is 0 Å². The summed E-state index contributed by atoms with van der Waals surface area (Å²) in [4.78, 5) is 2.21. The molecule has 0 fully saturated rings. The van der Waals surface area contributed by atoms with Gasteiger partial charge in [-0.1, -0.05) is 12.1 Å². The third kappa shape index (κ3) is 2.27. The van der Waals surface area contributed by atoms with Crippen molar-refractivity contribution in [2.24, 2.45) is 0 Å². The lowest BCUT2D eigenvalue weighted by Gasteiger charge is -2.29.